The summed E-state index contributed by atoms with van der Waals surface area (Å²) in [5.41, 5.74) is 1.54. The first-order valence-electron chi connectivity index (χ1n) is 9.53. The molecule has 0 unspecified atom stereocenters. The molecule has 1 fully saturated rings. The van der Waals surface area contributed by atoms with Crippen LogP contribution in [0, 0.1) is 6.92 Å². The van der Waals surface area contributed by atoms with Crippen molar-refractivity contribution in [2.45, 2.75) is 32.1 Å². The zero-order valence-electron chi connectivity index (χ0n) is 16.1. The molecule has 1 aliphatic heterocycles. The second-order valence-electron chi connectivity index (χ2n) is 6.94. The van der Waals surface area contributed by atoms with Gasteiger partial charge in [0.2, 0.25) is 5.43 Å². The van der Waals surface area contributed by atoms with Gasteiger partial charge in [0.05, 0.1) is 5.39 Å². The van der Waals surface area contributed by atoms with Crippen molar-refractivity contribution in [2.75, 3.05) is 18.8 Å². The summed E-state index contributed by atoms with van der Waals surface area (Å²) in [6.07, 6.45) is 2.60. The van der Waals surface area contributed by atoms with Crippen molar-refractivity contribution in [3.8, 4) is 0 Å². The Hall–Kier alpha value is -2.12. The maximum atomic E-state index is 13.2. The Bertz CT molecular complexity index is 1060. The van der Waals surface area contributed by atoms with E-state index >= 15 is 0 Å². The molecule has 4 heterocycles. The Morgan fingerprint density at radius 2 is 2.14 bits per heavy atom. The number of pyridine rings is 2. The number of amides is 1. The van der Waals surface area contributed by atoms with Crippen molar-refractivity contribution in [3.63, 3.8) is 0 Å². The first-order valence-corrected chi connectivity index (χ1v) is 11.5. The molecule has 0 aliphatic carbocycles. The van der Waals surface area contributed by atoms with Crippen LogP contribution in [-0.4, -0.2) is 39.2 Å². The highest BCUT2D eigenvalue weighted by Gasteiger charge is 2.26. The van der Waals surface area contributed by atoms with Crippen molar-refractivity contribution in [2.24, 2.45) is 0 Å². The average molecular weight is 414 g/mol. The van der Waals surface area contributed by atoms with Crippen LogP contribution in [0.15, 0.2) is 40.6 Å². The molecule has 0 radical (unpaired) electrons. The smallest absolute Gasteiger partial charge is 0.259 e. The lowest BCUT2D eigenvalue weighted by molar-refractivity contribution is 0.0765. The van der Waals surface area contributed by atoms with Gasteiger partial charge in [0.25, 0.3) is 5.91 Å². The second-order valence-corrected chi connectivity index (χ2v) is 9.23. The van der Waals surface area contributed by atoms with E-state index in [9.17, 15) is 9.59 Å². The van der Waals surface area contributed by atoms with Crippen LogP contribution in [0.3, 0.4) is 0 Å². The van der Waals surface area contributed by atoms with Crippen molar-refractivity contribution in [1.82, 2.24) is 14.5 Å². The van der Waals surface area contributed by atoms with Gasteiger partial charge in [-0.1, -0.05) is 6.07 Å². The van der Waals surface area contributed by atoms with Gasteiger partial charge < -0.3 is 9.47 Å². The summed E-state index contributed by atoms with van der Waals surface area (Å²) >= 11 is 3.67. The van der Waals surface area contributed by atoms with Crippen molar-refractivity contribution < 1.29 is 4.79 Å². The Balaban J connectivity index is 1.64. The third-order valence-corrected chi connectivity index (χ3v) is 7.57. The highest BCUT2D eigenvalue weighted by Crippen LogP contribution is 2.36. The minimum atomic E-state index is -0.219. The highest BCUT2D eigenvalue weighted by atomic mass is 32.2. The van der Waals surface area contributed by atoms with E-state index in [4.69, 9.17) is 0 Å². The number of thiophene rings is 1. The predicted molar refractivity (Wildman–Crippen MR) is 116 cm³/mol. The van der Waals surface area contributed by atoms with Crippen LogP contribution >= 0.6 is 23.1 Å². The first kappa shape index (κ1) is 19.2. The number of aryl methyl sites for hydroxylation is 2. The molecule has 0 bridgehead atoms. The number of carbonyl (C=O) groups excluding carboxylic acids is 1. The number of nitrogens with zero attached hydrogens (tertiary/aromatic N) is 3. The second kappa shape index (κ2) is 8.09. The average Bonchev–Trinajstić information content (AvgIpc) is 3.12. The van der Waals surface area contributed by atoms with Crippen LogP contribution < -0.4 is 5.43 Å². The van der Waals surface area contributed by atoms with Crippen LogP contribution in [-0.2, 0) is 6.54 Å². The molecule has 1 amide bonds. The SMILES string of the molecule is CCn1cc(C(=O)N2CCS[C@H](c3cccs3)CC2)c(=O)c2ccc(C)nc21. The number of hydrogen-bond donors (Lipinski definition) is 0. The quantitative estimate of drug-likeness (QED) is 0.649. The summed E-state index contributed by atoms with van der Waals surface area (Å²) in [7, 11) is 0. The molecule has 0 aromatic carbocycles. The van der Waals surface area contributed by atoms with Gasteiger partial charge >= 0.3 is 0 Å². The van der Waals surface area contributed by atoms with Crippen LogP contribution in [0.2, 0.25) is 0 Å². The third kappa shape index (κ3) is 3.61. The van der Waals surface area contributed by atoms with Gasteiger partial charge in [-0.15, -0.1) is 11.3 Å². The van der Waals surface area contributed by atoms with Crippen LogP contribution in [0.4, 0.5) is 0 Å². The van der Waals surface area contributed by atoms with Crippen LogP contribution in [0.1, 0.15) is 39.5 Å². The van der Waals surface area contributed by atoms with Gasteiger partial charge in [-0.25, -0.2) is 4.98 Å². The van der Waals surface area contributed by atoms with E-state index in [1.807, 2.05) is 41.1 Å². The summed E-state index contributed by atoms with van der Waals surface area (Å²) in [6, 6.07) is 7.85. The number of hydrogen-bond acceptors (Lipinski definition) is 5. The summed E-state index contributed by atoms with van der Waals surface area (Å²) in [6.45, 7) is 5.90. The highest BCUT2D eigenvalue weighted by molar-refractivity contribution is 7.99. The van der Waals surface area contributed by atoms with Gasteiger partial charge in [-0.2, -0.15) is 11.8 Å². The first-order chi connectivity index (χ1) is 13.6. The largest absolute Gasteiger partial charge is 0.338 e. The Morgan fingerprint density at radius 1 is 1.29 bits per heavy atom. The van der Waals surface area contributed by atoms with Gasteiger partial charge in [-0.05, 0) is 43.8 Å². The summed E-state index contributed by atoms with van der Waals surface area (Å²) < 4.78 is 1.90. The molecule has 1 aliphatic rings. The molecule has 3 aromatic rings. The molecule has 0 N–H and O–H groups in total. The zero-order chi connectivity index (χ0) is 19.7. The van der Waals surface area contributed by atoms with Crippen LogP contribution in [0.5, 0.6) is 0 Å². The molecular formula is C21H23N3O2S2. The molecule has 3 aromatic heterocycles. The third-order valence-electron chi connectivity index (χ3n) is 5.12. The minimum absolute atomic E-state index is 0.165. The van der Waals surface area contributed by atoms with E-state index in [1.54, 1.807) is 23.6 Å². The van der Waals surface area contributed by atoms with E-state index in [1.165, 1.54) is 4.88 Å². The molecule has 4 rings (SSSR count). The Kier molecular flexibility index (Phi) is 5.55. The van der Waals surface area contributed by atoms with E-state index in [0.29, 0.717) is 35.9 Å². The van der Waals surface area contributed by atoms with Gasteiger partial charge in [0.1, 0.15) is 11.2 Å². The molecule has 7 heteroatoms. The standard InChI is InChI=1S/C21H23N3O2S2/c1-3-23-13-16(19(25)15-7-6-14(2)22-20(15)23)21(26)24-9-8-18(28-12-10-24)17-5-4-11-27-17/h4-7,11,13,18H,3,8-10,12H2,1-2H3/t18-/m0/s1. The Morgan fingerprint density at radius 3 is 2.89 bits per heavy atom. The van der Waals surface area contributed by atoms with Gasteiger partial charge in [0.15, 0.2) is 0 Å². The molecule has 1 saturated heterocycles. The number of aromatic nitrogens is 2. The topological polar surface area (TPSA) is 55.2 Å². The normalized spacial score (nSPS) is 17.6. The fourth-order valence-electron chi connectivity index (χ4n) is 3.60. The van der Waals surface area contributed by atoms with E-state index in [2.05, 4.69) is 22.5 Å². The molecule has 0 saturated carbocycles. The summed E-state index contributed by atoms with van der Waals surface area (Å²) in [4.78, 5) is 34.0. The molecule has 146 valence electrons. The monoisotopic (exact) mass is 413 g/mol. The number of thioether (sulfide) groups is 1. The number of fused-ring (bicyclic) bond motifs is 1. The summed E-state index contributed by atoms with van der Waals surface area (Å²) in [5, 5.41) is 3.04. The van der Waals surface area contributed by atoms with Gasteiger partial charge in [-0.3, -0.25) is 9.59 Å². The minimum Gasteiger partial charge on any atom is -0.338 e. The molecule has 28 heavy (non-hydrogen) atoms. The lowest BCUT2D eigenvalue weighted by atomic mass is 10.1. The maximum Gasteiger partial charge on any atom is 0.259 e. The van der Waals surface area contributed by atoms with Crippen molar-refractivity contribution in [3.05, 3.63) is 62.2 Å². The summed E-state index contributed by atoms with van der Waals surface area (Å²) in [5.74, 6) is 0.715. The lowest BCUT2D eigenvalue weighted by Gasteiger charge is -2.21. The molecule has 1 atom stereocenters. The molecule has 0 spiro atoms. The van der Waals surface area contributed by atoms with Crippen LogP contribution in [0.25, 0.3) is 11.0 Å². The van der Waals surface area contributed by atoms with E-state index in [0.717, 1.165) is 17.9 Å². The predicted octanol–water partition coefficient (Wildman–Crippen LogP) is 4.11. The Labute approximate surface area is 172 Å². The fraction of sp³-hybridized carbons (Fsp3) is 0.381. The molecule has 5 nitrogen and oxygen atoms in total. The maximum absolute atomic E-state index is 13.2. The number of rotatable bonds is 3. The molecular weight excluding hydrogens is 390 g/mol. The van der Waals surface area contributed by atoms with E-state index < -0.39 is 0 Å². The lowest BCUT2D eigenvalue weighted by Crippen LogP contribution is -2.36. The van der Waals surface area contributed by atoms with Gasteiger partial charge in [0, 0.05) is 47.4 Å². The van der Waals surface area contributed by atoms with Crippen molar-refractivity contribution in [1.29, 1.82) is 0 Å². The van der Waals surface area contributed by atoms with E-state index in [-0.39, 0.29) is 16.9 Å². The van der Waals surface area contributed by atoms with Crippen molar-refractivity contribution >= 4 is 40.0 Å². The fourth-order valence-corrected chi connectivity index (χ4v) is 5.84. The zero-order valence-corrected chi connectivity index (χ0v) is 17.7. The number of carbonyl (C=O) groups is 1.